The summed E-state index contributed by atoms with van der Waals surface area (Å²) < 4.78 is 39.3. The minimum atomic E-state index is -0.999. The van der Waals surface area contributed by atoms with Crippen LogP contribution in [0.1, 0.15) is 12.0 Å². The molecule has 1 atom stereocenters. The number of halogens is 2. The number of ether oxygens (including phenoxy) is 2. The van der Waals surface area contributed by atoms with Gasteiger partial charge in [-0.05, 0) is 24.1 Å². The lowest BCUT2D eigenvalue weighted by Gasteiger charge is -2.36. The summed E-state index contributed by atoms with van der Waals surface area (Å²) in [6.07, 6.45) is 4.94. The van der Waals surface area contributed by atoms with E-state index in [0.29, 0.717) is 34.9 Å². The first-order valence-corrected chi connectivity index (χ1v) is 11.2. The molecule has 37 heavy (non-hydrogen) atoms. The van der Waals surface area contributed by atoms with Gasteiger partial charge >= 0.3 is 0 Å². The predicted octanol–water partition coefficient (Wildman–Crippen LogP) is 3.00. The number of carbonyl (C=O) groups is 1. The summed E-state index contributed by atoms with van der Waals surface area (Å²) in [5.41, 5.74) is 0.602. The van der Waals surface area contributed by atoms with Crippen LogP contribution in [0.4, 0.5) is 26.4 Å². The monoisotopic (exact) mass is 512 g/mol. The largest absolute Gasteiger partial charge is 0.491 e. The molecule has 2 aromatic heterocycles. The topological polar surface area (TPSA) is 130 Å². The Hall–Kier alpha value is -4.39. The Balaban J connectivity index is 1.54. The molecule has 0 aliphatic carbocycles. The normalized spacial score (nSPS) is 16.8. The molecule has 1 aliphatic heterocycles. The van der Waals surface area contributed by atoms with E-state index >= 15 is 0 Å². The third kappa shape index (κ3) is 5.72. The van der Waals surface area contributed by atoms with E-state index in [1.165, 1.54) is 37.6 Å². The maximum Gasteiger partial charge on any atom is 0.272 e. The van der Waals surface area contributed by atoms with Crippen molar-refractivity contribution >= 4 is 29.2 Å². The van der Waals surface area contributed by atoms with Gasteiger partial charge in [-0.3, -0.25) is 14.9 Å². The second-order valence-electron chi connectivity index (χ2n) is 8.26. The van der Waals surface area contributed by atoms with Crippen molar-refractivity contribution in [2.45, 2.75) is 19.0 Å². The molecule has 13 heteroatoms. The standard InChI is InChI=1S/C24H26F2N8O3/c1-33-20(6-7-30-33)31-24-29-11-19(37-3)22(32-24)28-10-15-9-16(13-36-2)34(23(35)21(15)27)12-14-4-5-17(25)18(26)8-14/h4-8,10-11,16,27H,9,12-13H2,1-3H3,(H2,28,29,31,32)/b15-10-,27-21?/t16-/m1/s1. The van der Waals surface area contributed by atoms with Crippen molar-refractivity contribution in [3.63, 3.8) is 0 Å². The molecule has 0 bridgehead atoms. The Labute approximate surface area is 211 Å². The van der Waals surface area contributed by atoms with Gasteiger partial charge in [0.25, 0.3) is 5.91 Å². The van der Waals surface area contributed by atoms with Crippen LogP contribution in [0.2, 0.25) is 0 Å². The SMILES string of the molecule is COC[C@H]1C/C(=C/Nc2nc(Nc3ccnn3C)ncc2OC)C(=N)C(=O)N1Cc1ccc(F)c(F)c1. The highest BCUT2D eigenvalue weighted by Gasteiger charge is 2.35. The van der Waals surface area contributed by atoms with Crippen molar-refractivity contribution in [1.29, 1.82) is 5.41 Å². The van der Waals surface area contributed by atoms with E-state index in [1.54, 1.807) is 24.0 Å². The van der Waals surface area contributed by atoms with Gasteiger partial charge in [0.1, 0.15) is 11.5 Å². The molecule has 0 saturated carbocycles. The Bertz CT molecular complexity index is 1340. The third-order valence-electron chi connectivity index (χ3n) is 5.81. The van der Waals surface area contributed by atoms with Crippen molar-refractivity contribution in [3.8, 4) is 5.75 Å². The molecule has 3 heterocycles. The van der Waals surface area contributed by atoms with Gasteiger partial charge in [0.2, 0.25) is 5.95 Å². The van der Waals surface area contributed by atoms with Crippen molar-refractivity contribution in [2.75, 3.05) is 31.5 Å². The van der Waals surface area contributed by atoms with Crippen LogP contribution in [-0.4, -0.2) is 63.1 Å². The molecule has 1 aliphatic rings. The van der Waals surface area contributed by atoms with Crippen molar-refractivity contribution in [2.24, 2.45) is 7.05 Å². The summed E-state index contributed by atoms with van der Waals surface area (Å²) in [5.74, 6) is -0.880. The van der Waals surface area contributed by atoms with E-state index in [4.69, 9.17) is 14.9 Å². The average molecular weight is 513 g/mol. The summed E-state index contributed by atoms with van der Waals surface area (Å²) in [5, 5.41) is 18.6. The molecule has 194 valence electrons. The summed E-state index contributed by atoms with van der Waals surface area (Å²) in [6, 6.07) is 4.80. The number of rotatable bonds is 9. The number of aryl methyl sites for hydroxylation is 1. The summed E-state index contributed by atoms with van der Waals surface area (Å²) in [6.45, 7) is 0.200. The zero-order chi connectivity index (χ0) is 26.5. The number of methoxy groups -OCH3 is 2. The Morgan fingerprint density at radius 2 is 2.05 bits per heavy atom. The first-order chi connectivity index (χ1) is 17.8. The molecular formula is C24H26F2N8O3. The van der Waals surface area contributed by atoms with Crippen LogP contribution in [0.15, 0.2) is 48.4 Å². The lowest BCUT2D eigenvalue weighted by Crippen LogP contribution is -2.50. The van der Waals surface area contributed by atoms with Gasteiger partial charge in [-0.2, -0.15) is 10.1 Å². The van der Waals surface area contributed by atoms with Crippen molar-refractivity contribution in [3.05, 3.63) is 65.6 Å². The molecule has 1 saturated heterocycles. The van der Waals surface area contributed by atoms with Crippen LogP contribution in [0.25, 0.3) is 0 Å². The third-order valence-corrected chi connectivity index (χ3v) is 5.81. The molecule has 0 radical (unpaired) electrons. The van der Waals surface area contributed by atoms with Crippen LogP contribution in [-0.2, 0) is 23.1 Å². The first-order valence-electron chi connectivity index (χ1n) is 11.2. The van der Waals surface area contributed by atoms with Gasteiger partial charge in [-0.1, -0.05) is 6.07 Å². The zero-order valence-corrected chi connectivity index (χ0v) is 20.5. The molecule has 1 aromatic carbocycles. The van der Waals surface area contributed by atoms with E-state index in [0.717, 1.165) is 12.1 Å². The van der Waals surface area contributed by atoms with E-state index in [1.807, 2.05) is 0 Å². The number of likely N-dealkylation sites (tertiary alicyclic amines) is 1. The number of nitrogens with zero attached hydrogens (tertiary/aromatic N) is 5. The summed E-state index contributed by atoms with van der Waals surface area (Å²) >= 11 is 0. The van der Waals surface area contributed by atoms with Crippen LogP contribution in [0.3, 0.4) is 0 Å². The minimum Gasteiger partial charge on any atom is -0.491 e. The molecule has 1 fully saturated rings. The van der Waals surface area contributed by atoms with Gasteiger partial charge in [-0.25, -0.2) is 13.8 Å². The highest BCUT2D eigenvalue weighted by molar-refractivity contribution is 6.44. The van der Waals surface area contributed by atoms with Gasteiger partial charge in [0.05, 0.1) is 32.2 Å². The highest BCUT2D eigenvalue weighted by Crippen LogP contribution is 2.27. The lowest BCUT2D eigenvalue weighted by molar-refractivity contribution is -0.129. The van der Waals surface area contributed by atoms with E-state index in [9.17, 15) is 13.6 Å². The maximum absolute atomic E-state index is 13.7. The Morgan fingerprint density at radius 3 is 2.73 bits per heavy atom. The number of nitrogens with one attached hydrogen (secondary N) is 3. The van der Waals surface area contributed by atoms with Crippen molar-refractivity contribution in [1.82, 2.24) is 24.6 Å². The number of benzene rings is 1. The Kier molecular flexibility index (Phi) is 7.72. The van der Waals surface area contributed by atoms with E-state index in [-0.39, 0.29) is 24.8 Å². The second kappa shape index (κ2) is 11.1. The average Bonchev–Trinajstić information content (AvgIpc) is 3.29. The van der Waals surface area contributed by atoms with E-state index < -0.39 is 23.6 Å². The quantitative estimate of drug-likeness (QED) is 0.399. The number of aromatic nitrogens is 4. The number of amides is 1. The van der Waals surface area contributed by atoms with Crippen LogP contribution in [0, 0.1) is 17.0 Å². The number of hydrogen-bond acceptors (Lipinski definition) is 9. The summed E-state index contributed by atoms with van der Waals surface area (Å²) in [4.78, 5) is 23.2. The number of hydrogen-bond donors (Lipinski definition) is 3. The smallest absolute Gasteiger partial charge is 0.272 e. The fraction of sp³-hybridized carbons (Fsp3) is 0.292. The molecule has 0 spiro atoms. The van der Waals surface area contributed by atoms with Gasteiger partial charge in [0, 0.05) is 38.5 Å². The highest BCUT2D eigenvalue weighted by atomic mass is 19.2. The second-order valence-corrected chi connectivity index (χ2v) is 8.26. The lowest BCUT2D eigenvalue weighted by atomic mass is 9.94. The van der Waals surface area contributed by atoms with Gasteiger partial charge in [0.15, 0.2) is 23.2 Å². The molecule has 4 rings (SSSR count). The molecular weight excluding hydrogens is 486 g/mol. The molecule has 3 aromatic rings. The number of piperidine rings is 1. The van der Waals surface area contributed by atoms with Crippen LogP contribution >= 0.6 is 0 Å². The number of carbonyl (C=O) groups excluding carboxylic acids is 1. The van der Waals surface area contributed by atoms with Crippen LogP contribution in [0.5, 0.6) is 5.75 Å². The first kappa shape index (κ1) is 25.7. The molecule has 3 N–H and O–H groups in total. The molecule has 1 amide bonds. The fourth-order valence-electron chi connectivity index (χ4n) is 3.87. The zero-order valence-electron chi connectivity index (χ0n) is 20.5. The summed E-state index contributed by atoms with van der Waals surface area (Å²) in [7, 11) is 4.75. The number of anilines is 3. The predicted molar refractivity (Wildman–Crippen MR) is 132 cm³/mol. The van der Waals surface area contributed by atoms with E-state index in [2.05, 4.69) is 25.7 Å². The van der Waals surface area contributed by atoms with Gasteiger partial charge < -0.3 is 25.0 Å². The fourth-order valence-corrected chi connectivity index (χ4v) is 3.87. The molecule has 0 unspecified atom stereocenters. The maximum atomic E-state index is 13.7. The van der Waals surface area contributed by atoms with Crippen molar-refractivity contribution < 1.29 is 23.0 Å². The van der Waals surface area contributed by atoms with Crippen LogP contribution < -0.4 is 15.4 Å². The minimum absolute atomic E-state index is 0.00984. The molecule has 11 nitrogen and oxygen atoms in total. The van der Waals surface area contributed by atoms with Gasteiger partial charge in [-0.15, -0.1) is 0 Å². The Morgan fingerprint density at radius 1 is 1.24 bits per heavy atom.